The molecule has 0 amide bonds. The molecule has 0 fully saturated rings. The Morgan fingerprint density at radius 1 is 1.17 bits per heavy atom. The van der Waals surface area contributed by atoms with Gasteiger partial charge in [-0.3, -0.25) is 0 Å². The summed E-state index contributed by atoms with van der Waals surface area (Å²) < 4.78 is 5.56. The molecular weight excluding hydrogens is 230 g/mol. The molecule has 0 saturated heterocycles. The van der Waals surface area contributed by atoms with Crippen LogP contribution in [0, 0.1) is 0 Å². The summed E-state index contributed by atoms with van der Waals surface area (Å²) in [4.78, 5) is 0. The van der Waals surface area contributed by atoms with Crippen molar-refractivity contribution in [3.8, 4) is 5.75 Å². The van der Waals surface area contributed by atoms with E-state index in [2.05, 4.69) is 5.32 Å². The maximum absolute atomic E-state index is 9.08. The second-order valence-corrected chi connectivity index (χ2v) is 4.58. The second kappa shape index (κ2) is 8.08. The van der Waals surface area contributed by atoms with Crippen LogP contribution in [0.15, 0.2) is 24.3 Å². The van der Waals surface area contributed by atoms with Gasteiger partial charge in [-0.25, -0.2) is 0 Å². The Balaban J connectivity index is 2.43. The van der Waals surface area contributed by atoms with E-state index < -0.39 is 0 Å². The minimum atomic E-state index is -0.0541. The molecule has 0 aliphatic rings. The van der Waals surface area contributed by atoms with Crippen LogP contribution in [-0.2, 0) is 6.54 Å². The number of nitrogens with one attached hydrogen (secondary N) is 1. The molecule has 0 heterocycles. The van der Waals surface area contributed by atoms with Crippen molar-refractivity contribution in [1.82, 2.24) is 5.32 Å². The summed E-state index contributed by atoms with van der Waals surface area (Å²) in [6.07, 6.45) is 0.739. The minimum Gasteiger partial charge on any atom is -0.491 e. The predicted octanol–water partition coefficient (Wildman–Crippen LogP) is 1.31. The lowest BCUT2D eigenvalue weighted by Crippen LogP contribution is -2.32. The van der Waals surface area contributed by atoms with Gasteiger partial charge in [-0.15, -0.1) is 0 Å². The van der Waals surface area contributed by atoms with Gasteiger partial charge in [0.05, 0.1) is 12.7 Å². The summed E-state index contributed by atoms with van der Waals surface area (Å²) in [6, 6.07) is 7.83. The van der Waals surface area contributed by atoms with Gasteiger partial charge in [0.2, 0.25) is 0 Å². The van der Waals surface area contributed by atoms with Crippen LogP contribution in [-0.4, -0.2) is 35.6 Å². The van der Waals surface area contributed by atoms with Gasteiger partial charge in [0.25, 0.3) is 0 Å². The van der Waals surface area contributed by atoms with Crippen LogP contribution in [0.1, 0.15) is 25.8 Å². The third-order valence-electron chi connectivity index (χ3n) is 2.59. The molecule has 0 aromatic heterocycles. The Bertz CT molecular complexity index is 324. The molecule has 18 heavy (non-hydrogen) atoms. The largest absolute Gasteiger partial charge is 0.491 e. The fourth-order valence-corrected chi connectivity index (χ4v) is 1.63. The third kappa shape index (κ3) is 5.49. The standard InChI is InChI=1S/C14H23NO3/c1-11(2)18-14-5-3-12(4-6-14)9-15-13(10-17)7-8-16/h3-6,11,13,15-17H,7-10H2,1-2H3. The number of hydrogen-bond acceptors (Lipinski definition) is 4. The monoisotopic (exact) mass is 253 g/mol. The Kier molecular flexibility index (Phi) is 6.72. The Morgan fingerprint density at radius 3 is 2.33 bits per heavy atom. The zero-order valence-electron chi connectivity index (χ0n) is 11.1. The molecule has 1 aromatic rings. The molecule has 0 aliphatic heterocycles. The highest BCUT2D eigenvalue weighted by atomic mass is 16.5. The first-order chi connectivity index (χ1) is 8.65. The van der Waals surface area contributed by atoms with Crippen LogP contribution in [0.25, 0.3) is 0 Å². The van der Waals surface area contributed by atoms with Crippen LogP contribution in [0.4, 0.5) is 0 Å². The number of aliphatic hydroxyl groups is 2. The van der Waals surface area contributed by atoms with Crippen LogP contribution in [0.5, 0.6) is 5.75 Å². The Morgan fingerprint density at radius 2 is 1.83 bits per heavy atom. The van der Waals surface area contributed by atoms with Crippen LogP contribution in [0.2, 0.25) is 0 Å². The highest BCUT2D eigenvalue weighted by molar-refractivity contribution is 5.27. The summed E-state index contributed by atoms with van der Waals surface area (Å²) in [7, 11) is 0. The number of rotatable bonds is 8. The van der Waals surface area contributed by atoms with Gasteiger partial charge in [0.15, 0.2) is 0 Å². The average molecular weight is 253 g/mol. The lowest BCUT2D eigenvalue weighted by atomic mass is 10.2. The van der Waals surface area contributed by atoms with E-state index in [-0.39, 0.29) is 25.4 Å². The summed E-state index contributed by atoms with van der Waals surface area (Å²) >= 11 is 0. The van der Waals surface area contributed by atoms with Gasteiger partial charge in [-0.2, -0.15) is 0 Å². The van der Waals surface area contributed by atoms with Gasteiger partial charge in [-0.05, 0) is 38.0 Å². The van der Waals surface area contributed by atoms with Gasteiger partial charge >= 0.3 is 0 Å². The number of aliphatic hydroxyl groups excluding tert-OH is 2. The van der Waals surface area contributed by atoms with E-state index in [9.17, 15) is 0 Å². The van der Waals surface area contributed by atoms with Crippen LogP contribution in [0.3, 0.4) is 0 Å². The van der Waals surface area contributed by atoms with Crippen molar-refractivity contribution in [2.45, 2.75) is 39.0 Å². The molecule has 1 aromatic carbocycles. The highest BCUT2D eigenvalue weighted by Crippen LogP contribution is 2.13. The molecule has 0 spiro atoms. The van der Waals surface area contributed by atoms with E-state index in [1.807, 2.05) is 38.1 Å². The molecule has 0 bridgehead atoms. The third-order valence-corrected chi connectivity index (χ3v) is 2.59. The quantitative estimate of drug-likeness (QED) is 0.653. The van der Waals surface area contributed by atoms with Gasteiger partial charge in [0.1, 0.15) is 5.75 Å². The molecule has 102 valence electrons. The lowest BCUT2D eigenvalue weighted by Gasteiger charge is -2.15. The van der Waals surface area contributed by atoms with Crippen LogP contribution < -0.4 is 10.1 Å². The zero-order valence-corrected chi connectivity index (χ0v) is 11.1. The van der Waals surface area contributed by atoms with Crippen molar-refractivity contribution >= 4 is 0 Å². The molecule has 3 N–H and O–H groups in total. The maximum atomic E-state index is 9.08. The average Bonchev–Trinajstić information content (AvgIpc) is 2.35. The summed E-state index contributed by atoms with van der Waals surface area (Å²) in [5, 5.41) is 21.1. The topological polar surface area (TPSA) is 61.7 Å². The molecule has 1 atom stereocenters. The van der Waals surface area contributed by atoms with E-state index in [4.69, 9.17) is 14.9 Å². The van der Waals surface area contributed by atoms with Crippen molar-refractivity contribution in [1.29, 1.82) is 0 Å². The SMILES string of the molecule is CC(C)Oc1ccc(CNC(CO)CCO)cc1. The van der Waals surface area contributed by atoms with Crippen LogP contribution >= 0.6 is 0 Å². The zero-order chi connectivity index (χ0) is 13.4. The van der Waals surface area contributed by atoms with Crippen molar-refractivity contribution < 1.29 is 14.9 Å². The van der Waals surface area contributed by atoms with Gasteiger partial charge in [-0.1, -0.05) is 12.1 Å². The second-order valence-electron chi connectivity index (χ2n) is 4.58. The molecular formula is C14H23NO3. The Labute approximate surface area is 109 Å². The molecule has 1 rings (SSSR count). The Hall–Kier alpha value is -1.10. The van der Waals surface area contributed by atoms with E-state index in [0.717, 1.165) is 11.3 Å². The molecule has 0 aliphatic carbocycles. The van der Waals surface area contributed by atoms with Gasteiger partial charge in [0, 0.05) is 19.2 Å². The number of benzene rings is 1. The van der Waals surface area contributed by atoms with Crippen molar-refractivity contribution in [2.24, 2.45) is 0 Å². The van der Waals surface area contributed by atoms with Crippen molar-refractivity contribution in [3.05, 3.63) is 29.8 Å². The summed E-state index contributed by atoms with van der Waals surface area (Å²) in [6.45, 7) is 4.79. The highest BCUT2D eigenvalue weighted by Gasteiger charge is 2.05. The van der Waals surface area contributed by atoms with E-state index in [1.165, 1.54) is 0 Å². The first kappa shape index (κ1) is 15.0. The van der Waals surface area contributed by atoms with Crippen molar-refractivity contribution in [2.75, 3.05) is 13.2 Å². The molecule has 0 radical (unpaired) electrons. The molecule has 4 nitrogen and oxygen atoms in total. The lowest BCUT2D eigenvalue weighted by molar-refractivity contribution is 0.200. The van der Waals surface area contributed by atoms with E-state index in [1.54, 1.807) is 0 Å². The minimum absolute atomic E-state index is 0.0368. The smallest absolute Gasteiger partial charge is 0.119 e. The number of hydrogen-bond donors (Lipinski definition) is 3. The normalized spacial score (nSPS) is 12.7. The number of ether oxygens (including phenoxy) is 1. The molecule has 0 saturated carbocycles. The fraction of sp³-hybridized carbons (Fsp3) is 0.571. The van der Waals surface area contributed by atoms with Gasteiger partial charge < -0.3 is 20.3 Å². The summed E-state index contributed by atoms with van der Waals surface area (Å²) in [5.41, 5.74) is 1.13. The van der Waals surface area contributed by atoms with E-state index >= 15 is 0 Å². The molecule has 4 heteroatoms. The van der Waals surface area contributed by atoms with E-state index in [0.29, 0.717) is 13.0 Å². The maximum Gasteiger partial charge on any atom is 0.119 e. The predicted molar refractivity (Wildman–Crippen MR) is 71.6 cm³/mol. The van der Waals surface area contributed by atoms with Crippen molar-refractivity contribution in [3.63, 3.8) is 0 Å². The molecule has 1 unspecified atom stereocenters. The first-order valence-electron chi connectivity index (χ1n) is 6.36. The fourth-order valence-electron chi connectivity index (χ4n) is 1.63. The first-order valence-corrected chi connectivity index (χ1v) is 6.36. The summed E-state index contributed by atoms with van der Waals surface area (Å²) in [5.74, 6) is 0.864.